The van der Waals surface area contributed by atoms with Crippen LogP contribution in [0.3, 0.4) is 0 Å². The molecule has 3 nitrogen and oxygen atoms in total. The summed E-state index contributed by atoms with van der Waals surface area (Å²) < 4.78 is 5.74. The molecule has 0 radical (unpaired) electrons. The van der Waals surface area contributed by atoms with Crippen molar-refractivity contribution in [1.82, 2.24) is 10.2 Å². The standard InChI is InChI=1S/C16H30N2O/c1-2-4-9-18(10-5-3-1)13-16(8-11-19-14-16)12-17-15-6-7-15/h15,17H,1-14H2. The van der Waals surface area contributed by atoms with Crippen molar-refractivity contribution in [3.8, 4) is 0 Å². The molecule has 1 N–H and O–H groups in total. The molecular formula is C16H30N2O. The molecule has 0 aromatic heterocycles. The van der Waals surface area contributed by atoms with E-state index in [-0.39, 0.29) is 0 Å². The van der Waals surface area contributed by atoms with E-state index in [0.717, 1.165) is 19.3 Å². The van der Waals surface area contributed by atoms with Gasteiger partial charge >= 0.3 is 0 Å². The number of nitrogens with zero attached hydrogens (tertiary/aromatic N) is 1. The molecule has 2 heterocycles. The lowest BCUT2D eigenvalue weighted by Gasteiger charge is -2.35. The Morgan fingerprint density at radius 3 is 2.42 bits per heavy atom. The molecular weight excluding hydrogens is 236 g/mol. The Morgan fingerprint density at radius 1 is 1.05 bits per heavy atom. The van der Waals surface area contributed by atoms with Crippen LogP contribution in [0, 0.1) is 5.41 Å². The third-order valence-electron chi connectivity index (χ3n) is 5.04. The van der Waals surface area contributed by atoms with Gasteiger partial charge in [-0.2, -0.15) is 0 Å². The van der Waals surface area contributed by atoms with Crippen molar-refractivity contribution < 1.29 is 4.74 Å². The fraction of sp³-hybridized carbons (Fsp3) is 1.00. The van der Waals surface area contributed by atoms with E-state index in [9.17, 15) is 0 Å². The summed E-state index contributed by atoms with van der Waals surface area (Å²) in [4.78, 5) is 2.72. The zero-order valence-electron chi connectivity index (χ0n) is 12.3. The first kappa shape index (κ1) is 13.8. The highest BCUT2D eigenvalue weighted by atomic mass is 16.5. The molecule has 110 valence electrons. The van der Waals surface area contributed by atoms with Crippen LogP contribution < -0.4 is 5.32 Å². The van der Waals surface area contributed by atoms with Crippen LogP contribution in [0.4, 0.5) is 0 Å². The molecule has 3 aliphatic rings. The Bertz CT molecular complexity index is 264. The Balaban J connectivity index is 1.52. The predicted octanol–water partition coefficient (Wildman–Crippen LogP) is 2.41. The van der Waals surface area contributed by atoms with Gasteiger partial charge in [-0.1, -0.05) is 19.3 Å². The predicted molar refractivity (Wildman–Crippen MR) is 78.4 cm³/mol. The SMILES string of the molecule is C1CCCN(CC2(CNC3CC3)CCOC2)CCC1. The number of likely N-dealkylation sites (tertiary alicyclic amines) is 1. The summed E-state index contributed by atoms with van der Waals surface area (Å²) in [5.41, 5.74) is 0.405. The zero-order valence-corrected chi connectivity index (χ0v) is 12.3. The van der Waals surface area contributed by atoms with Crippen LogP contribution in [-0.4, -0.2) is 50.3 Å². The Hall–Kier alpha value is -0.120. The summed E-state index contributed by atoms with van der Waals surface area (Å²) in [5.74, 6) is 0. The number of hydrogen-bond donors (Lipinski definition) is 1. The summed E-state index contributed by atoms with van der Waals surface area (Å²) in [7, 11) is 0. The van der Waals surface area contributed by atoms with Crippen LogP contribution in [0.1, 0.15) is 51.4 Å². The quantitative estimate of drug-likeness (QED) is 0.827. The van der Waals surface area contributed by atoms with Crippen molar-refractivity contribution in [2.45, 2.75) is 57.4 Å². The average Bonchev–Trinajstić information content (AvgIpc) is 3.10. The van der Waals surface area contributed by atoms with Gasteiger partial charge in [-0.15, -0.1) is 0 Å². The molecule has 0 aromatic carbocycles. The fourth-order valence-electron chi connectivity index (χ4n) is 3.56. The van der Waals surface area contributed by atoms with Crippen molar-refractivity contribution in [2.75, 3.05) is 39.4 Å². The lowest BCUT2D eigenvalue weighted by atomic mass is 9.86. The normalized spacial score (nSPS) is 34.1. The van der Waals surface area contributed by atoms with Gasteiger partial charge in [-0.05, 0) is 45.2 Å². The minimum Gasteiger partial charge on any atom is -0.381 e. The first-order valence-electron chi connectivity index (χ1n) is 8.40. The maximum Gasteiger partial charge on any atom is 0.0547 e. The Labute approximate surface area is 118 Å². The van der Waals surface area contributed by atoms with E-state index in [1.54, 1.807) is 0 Å². The van der Waals surface area contributed by atoms with Gasteiger partial charge in [0.05, 0.1) is 6.61 Å². The minimum absolute atomic E-state index is 0.405. The van der Waals surface area contributed by atoms with Crippen molar-refractivity contribution in [1.29, 1.82) is 0 Å². The van der Waals surface area contributed by atoms with Crippen LogP contribution in [0.2, 0.25) is 0 Å². The molecule has 0 bridgehead atoms. The molecule has 3 rings (SSSR count). The number of nitrogens with one attached hydrogen (secondary N) is 1. The molecule has 1 saturated carbocycles. The smallest absolute Gasteiger partial charge is 0.0547 e. The zero-order chi connectivity index (χ0) is 13.0. The first-order valence-corrected chi connectivity index (χ1v) is 8.40. The van der Waals surface area contributed by atoms with Crippen LogP contribution in [0.25, 0.3) is 0 Å². The number of rotatable bonds is 5. The van der Waals surface area contributed by atoms with Gasteiger partial charge in [0, 0.05) is 31.2 Å². The lowest BCUT2D eigenvalue weighted by molar-refractivity contribution is 0.103. The van der Waals surface area contributed by atoms with Gasteiger partial charge in [0.25, 0.3) is 0 Å². The topological polar surface area (TPSA) is 24.5 Å². The molecule has 1 aliphatic carbocycles. The van der Waals surface area contributed by atoms with Gasteiger partial charge in [-0.25, -0.2) is 0 Å². The maximum atomic E-state index is 5.74. The second-order valence-corrected chi connectivity index (χ2v) is 7.00. The van der Waals surface area contributed by atoms with Gasteiger partial charge in [-0.3, -0.25) is 0 Å². The lowest BCUT2D eigenvalue weighted by Crippen LogP contribution is -2.46. The van der Waals surface area contributed by atoms with Crippen molar-refractivity contribution >= 4 is 0 Å². The van der Waals surface area contributed by atoms with Crippen LogP contribution >= 0.6 is 0 Å². The highest BCUT2D eigenvalue weighted by Crippen LogP contribution is 2.31. The molecule has 1 unspecified atom stereocenters. The summed E-state index contributed by atoms with van der Waals surface area (Å²) in [5, 5.41) is 3.75. The van der Waals surface area contributed by atoms with Crippen LogP contribution in [-0.2, 0) is 4.74 Å². The molecule has 0 spiro atoms. The molecule has 0 aromatic rings. The number of hydrogen-bond acceptors (Lipinski definition) is 3. The summed E-state index contributed by atoms with van der Waals surface area (Å²) in [6.07, 6.45) is 11.1. The fourth-order valence-corrected chi connectivity index (χ4v) is 3.56. The number of ether oxygens (including phenoxy) is 1. The van der Waals surface area contributed by atoms with Crippen LogP contribution in [0.5, 0.6) is 0 Å². The average molecular weight is 266 g/mol. The molecule has 19 heavy (non-hydrogen) atoms. The molecule has 3 fully saturated rings. The summed E-state index contributed by atoms with van der Waals surface area (Å²) >= 11 is 0. The molecule has 2 saturated heterocycles. The molecule has 0 amide bonds. The van der Waals surface area contributed by atoms with E-state index in [1.165, 1.54) is 77.5 Å². The molecule has 1 atom stereocenters. The largest absolute Gasteiger partial charge is 0.381 e. The van der Waals surface area contributed by atoms with E-state index in [4.69, 9.17) is 4.74 Å². The monoisotopic (exact) mass is 266 g/mol. The third-order valence-corrected chi connectivity index (χ3v) is 5.04. The minimum atomic E-state index is 0.405. The third kappa shape index (κ3) is 4.17. The first-order chi connectivity index (χ1) is 9.36. The van der Waals surface area contributed by atoms with Gasteiger partial charge < -0.3 is 15.0 Å². The highest BCUT2D eigenvalue weighted by molar-refractivity contribution is 4.92. The van der Waals surface area contributed by atoms with Gasteiger partial charge in [0.1, 0.15) is 0 Å². The van der Waals surface area contributed by atoms with E-state index in [2.05, 4.69) is 10.2 Å². The van der Waals surface area contributed by atoms with E-state index < -0.39 is 0 Å². The van der Waals surface area contributed by atoms with Crippen molar-refractivity contribution in [3.05, 3.63) is 0 Å². The van der Waals surface area contributed by atoms with Crippen molar-refractivity contribution in [2.24, 2.45) is 5.41 Å². The van der Waals surface area contributed by atoms with Gasteiger partial charge in [0.2, 0.25) is 0 Å². The second kappa shape index (κ2) is 6.55. The Morgan fingerprint density at radius 2 is 1.79 bits per heavy atom. The summed E-state index contributed by atoms with van der Waals surface area (Å²) in [6, 6.07) is 0.824. The molecule has 3 heteroatoms. The maximum absolute atomic E-state index is 5.74. The molecule has 2 aliphatic heterocycles. The second-order valence-electron chi connectivity index (χ2n) is 7.00. The van der Waals surface area contributed by atoms with Gasteiger partial charge in [0.15, 0.2) is 0 Å². The van der Waals surface area contributed by atoms with E-state index >= 15 is 0 Å². The van der Waals surface area contributed by atoms with E-state index in [1.807, 2.05) is 0 Å². The van der Waals surface area contributed by atoms with E-state index in [0.29, 0.717) is 5.41 Å². The highest BCUT2D eigenvalue weighted by Gasteiger charge is 2.37. The summed E-state index contributed by atoms with van der Waals surface area (Å²) in [6.45, 7) is 7.00. The van der Waals surface area contributed by atoms with Crippen molar-refractivity contribution in [3.63, 3.8) is 0 Å². The Kier molecular flexibility index (Phi) is 4.78. The van der Waals surface area contributed by atoms with Crippen LogP contribution in [0.15, 0.2) is 0 Å².